The van der Waals surface area contributed by atoms with Gasteiger partial charge < -0.3 is 9.47 Å². The maximum absolute atomic E-state index is 12.1. The van der Waals surface area contributed by atoms with E-state index in [9.17, 15) is 25.9 Å². The first-order valence-corrected chi connectivity index (χ1v) is 14.5. The van der Waals surface area contributed by atoms with Crippen molar-refractivity contribution in [1.82, 2.24) is 0 Å². The van der Waals surface area contributed by atoms with Gasteiger partial charge in [0.2, 0.25) is 0 Å². The second kappa shape index (κ2) is 11.0. The third kappa shape index (κ3) is 6.22. The van der Waals surface area contributed by atoms with Crippen molar-refractivity contribution in [3.8, 4) is 33.8 Å². The van der Waals surface area contributed by atoms with E-state index < -0.39 is 20.2 Å². The molecule has 0 aliphatic heterocycles. The van der Waals surface area contributed by atoms with Gasteiger partial charge in [0.05, 0.1) is 7.11 Å². The summed E-state index contributed by atoms with van der Waals surface area (Å²) in [6.07, 6.45) is 0.624. The Balaban J connectivity index is 1.56. The molecule has 198 valence electrons. The highest BCUT2D eigenvalue weighted by molar-refractivity contribution is 7.86. The summed E-state index contributed by atoms with van der Waals surface area (Å²) in [6, 6.07) is 23.0. The zero-order valence-electron chi connectivity index (χ0n) is 20.7. The second-order valence-electron chi connectivity index (χ2n) is 8.51. The lowest BCUT2D eigenvalue weighted by Gasteiger charge is -2.13. The molecule has 0 aromatic heterocycles. The van der Waals surface area contributed by atoms with Gasteiger partial charge in [-0.2, -0.15) is 16.8 Å². The van der Waals surface area contributed by atoms with Crippen LogP contribution in [-0.4, -0.2) is 33.1 Å². The number of hydrogen-bond acceptors (Lipinski definition) is 6. The van der Waals surface area contributed by atoms with Crippen LogP contribution in [-0.2, 0) is 33.3 Å². The molecule has 0 fully saturated rings. The summed E-state index contributed by atoms with van der Waals surface area (Å²) >= 11 is 0. The average Bonchev–Trinajstić information content (AvgIpc) is 2.91. The molecule has 2 N–H and O–H groups in total. The minimum atomic E-state index is -4.54. The second-order valence-corrected chi connectivity index (χ2v) is 11.3. The summed E-state index contributed by atoms with van der Waals surface area (Å²) in [5.41, 5.74) is 3.40. The molecule has 10 heteroatoms. The Labute approximate surface area is 222 Å². The van der Waals surface area contributed by atoms with Crippen LogP contribution in [0.1, 0.15) is 18.1 Å². The van der Waals surface area contributed by atoms with Crippen LogP contribution in [0.5, 0.6) is 11.5 Å². The predicted molar refractivity (Wildman–Crippen MR) is 144 cm³/mol. The van der Waals surface area contributed by atoms with Gasteiger partial charge in [-0.25, -0.2) is 0 Å². The van der Waals surface area contributed by atoms with Gasteiger partial charge in [0.1, 0.15) is 27.9 Å². The minimum absolute atomic E-state index is 0.0903. The molecule has 0 radical (unpaired) electrons. The normalized spacial score (nSPS) is 11.8. The van der Waals surface area contributed by atoms with E-state index in [1.807, 2.05) is 13.0 Å². The van der Waals surface area contributed by atoms with E-state index in [0.717, 1.165) is 11.1 Å². The van der Waals surface area contributed by atoms with E-state index in [4.69, 9.17) is 9.47 Å². The summed E-state index contributed by atoms with van der Waals surface area (Å²) < 4.78 is 78.5. The van der Waals surface area contributed by atoms with Crippen LogP contribution < -0.4 is 9.47 Å². The highest BCUT2D eigenvalue weighted by atomic mass is 32.2. The number of benzene rings is 4. The topological polar surface area (TPSA) is 127 Å². The van der Waals surface area contributed by atoms with Crippen LogP contribution in [0.4, 0.5) is 0 Å². The summed E-state index contributed by atoms with van der Waals surface area (Å²) in [7, 11) is -7.43. The smallest absolute Gasteiger partial charge is 0.295 e. The van der Waals surface area contributed by atoms with Gasteiger partial charge in [0.15, 0.2) is 0 Å². The van der Waals surface area contributed by atoms with Gasteiger partial charge >= 0.3 is 0 Å². The number of aryl methyl sites for hydroxylation is 1. The zero-order chi connectivity index (χ0) is 27.5. The van der Waals surface area contributed by atoms with Crippen molar-refractivity contribution in [1.29, 1.82) is 0 Å². The van der Waals surface area contributed by atoms with Crippen molar-refractivity contribution in [2.75, 3.05) is 7.11 Å². The van der Waals surface area contributed by atoms with Crippen molar-refractivity contribution in [2.24, 2.45) is 0 Å². The summed E-state index contributed by atoms with van der Waals surface area (Å²) in [5, 5.41) is 0. The third-order valence-electron chi connectivity index (χ3n) is 6.03. The summed E-state index contributed by atoms with van der Waals surface area (Å²) in [5.74, 6) is 0.850. The van der Waals surface area contributed by atoms with Crippen LogP contribution in [0.25, 0.3) is 22.3 Å². The summed E-state index contributed by atoms with van der Waals surface area (Å²) in [6.45, 7) is 1.98. The van der Waals surface area contributed by atoms with Crippen LogP contribution in [0, 0.1) is 0 Å². The molecular formula is C28H26O8S2. The molecule has 0 heterocycles. The van der Waals surface area contributed by atoms with Gasteiger partial charge in [-0.3, -0.25) is 9.11 Å². The molecule has 0 aliphatic carbocycles. The Morgan fingerprint density at radius 2 is 1.11 bits per heavy atom. The molecule has 0 atom stereocenters. The molecule has 0 saturated heterocycles. The number of ether oxygens (including phenoxy) is 2. The van der Waals surface area contributed by atoms with Crippen molar-refractivity contribution in [2.45, 2.75) is 29.7 Å². The molecule has 4 aromatic carbocycles. The molecule has 4 rings (SSSR count). The van der Waals surface area contributed by atoms with Gasteiger partial charge in [-0.1, -0.05) is 55.5 Å². The van der Waals surface area contributed by atoms with Crippen LogP contribution in [0.15, 0.2) is 94.7 Å². The zero-order valence-corrected chi connectivity index (χ0v) is 22.3. The standard InChI is InChI=1S/C28H26O8S2/c1-3-19-6-14-25(27(16-19)37(29,30)31)21-7-4-20(5-8-21)18-36-24-13-15-26(28(17-24)38(32,33)34)22-9-11-23(35-2)12-10-22/h4-17H,3,18H2,1-2H3,(H,29,30,31)(H,32,33,34). The van der Waals surface area contributed by atoms with Gasteiger partial charge in [0.25, 0.3) is 20.2 Å². The first kappa shape index (κ1) is 27.3. The number of hydrogen-bond donors (Lipinski definition) is 2. The highest BCUT2D eigenvalue weighted by Gasteiger charge is 2.19. The van der Waals surface area contributed by atoms with E-state index in [0.29, 0.717) is 34.4 Å². The minimum Gasteiger partial charge on any atom is -0.497 e. The van der Waals surface area contributed by atoms with Crippen molar-refractivity contribution < 1.29 is 35.4 Å². The molecule has 0 amide bonds. The lowest BCUT2D eigenvalue weighted by molar-refractivity contribution is 0.305. The van der Waals surface area contributed by atoms with E-state index >= 15 is 0 Å². The van der Waals surface area contributed by atoms with Crippen molar-refractivity contribution in [3.05, 3.63) is 96.1 Å². The van der Waals surface area contributed by atoms with Crippen molar-refractivity contribution in [3.63, 3.8) is 0 Å². The first-order chi connectivity index (χ1) is 18.0. The van der Waals surface area contributed by atoms with Gasteiger partial charge in [-0.05, 0) is 59.0 Å². The number of rotatable bonds is 9. The Morgan fingerprint density at radius 3 is 1.63 bits per heavy atom. The third-order valence-corrected chi connectivity index (χ3v) is 7.82. The monoisotopic (exact) mass is 554 g/mol. The van der Waals surface area contributed by atoms with Crippen molar-refractivity contribution >= 4 is 20.2 Å². The highest BCUT2D eigenvalue weighted by Crippen LogP contribution is 2.33. The SMILES string of the molecule is CCc1ccc(-c2ccc(COc3ccc(-c4ccc(OC)cc4)c(S(=O)(=O)O)c3)cc2)c(S(=O)(=O)O)c1. The molecule has 0 unspecified atom stereocenters. The maximum Gasteiger partial charge on any atom is 0.295 e. The Hall–Kier alpha value is -3.70. The van der Waals surface area contributed by atoms with Crippen LogP contribution in [0.2, 0.25) is 0 Å². The van der Waals surface area contributed by atoms with Crippen LogP contribution in [0.3, 0.4) is 0 Å². The Morgan fingerprint density at radius 1 is 0.632 bits per heavy atom. The molecule has 0 aliphatic rings. The van der Waals surface area contributed by atoms with Gasteiger partial charge in [-0.15, -0.1) is 0 Å². The fourth-order valence-electron chi connectivity index (χ4n) is 4.00. The molecule has 0 spiro atoms. The fourth-order valence-corrected chi connectivity index (χ4v) is 5.49. The molecular weight excluding hydrogens is 528 g/mol. The van der Waals surface area contributed by atoms with E-state index in [-0.39, 0.29) is 22.1 Å². The average molecular weight is 555 g/mol. The molecule has 4 aromatic rings. The number of methoxy groups -OCH3 is 1. The molecule has 0 saturated carbocycles. The first-order valence-electron chi connectivity index (χ1n) is 11.6. The van der Waals surface area contributed by atoms with Crippen LogP contribution >= 0.6 is 0 Å². The molecule has 38 heavy (non-hydrogen) atoms. The van der Waals surface area contributed by atoms with E-state index in [1.165, 1.54) is 19.2 Å². The molecule has 8 nitrogen and oxygen atoms in total. The van der Waals surface area contributed by atoms with Gasteiger partial charge in [0, 0.05) is 17.2 Å². The predicted octanol–water partition coefficient (Wildman–Crippen LogP) is 5.66. The largest absolute Gasteiger partial charge is 0.497 e. The lowest BCUT2D eigenvalue weighted by atomic mass is 10.0. The van der Waals surface area contributed by atoms with E-state index in [1.54, 1.807) is 66.7 Å². The maximum atomic E-state index is 12.1. The Bertz CT molecular complexity index is 1660. The fraction of sp³-hybridized carbons (Fsp3) is 0.143. The van der Waals surface area contributed by atoms with E-state index in [2.05, 4.69) is 0 Å². The quantitative estimate of drug-likeness (QED) is 0.254. The summed E-state index contributed by atoms with van der Waals surface area (Å²) in [4.78, 5) is -0.445. The Kier molecular flexibility index (Phi) is 7.89. The lowest BCUT2D eigenvalue weighted by Crippen LogP contribution is -2.03. The molecule has 0 bridgehead atoms.